The number of carboxylic acids is 1. The van der Waals surface area contributed by atoms with Gasteiger partial charge in [0.2, 0.25) is 0 Å². The highest BCUT2D eigenvalue weighted by molar-refractivity contribution is 7.91. The highest BCUT2D eigenvalue weighted by Gasteiger charge is 2.47. The van der Waals surface area contributed by atoms with Crippen molar-refractivity contribution in [3.05, 3.63) is 130 Å². The summed E-state index contributed by atoms with van der Waals surface area (Å²) in [5, 5.41) is 15.1. The number of amides is 2. The van der Waals surface area contributed by atoms with Crippen LogP contribution >= 0.6 is 0 Å². The Labute approximate surface area is 302 Å². The molecule has 14 heteroatoms. The van der Waals surface area contributed by atoms with Gasteiger partial charge in [0.1, 0.15) is 11.1 Å². The molecule has 0 bridgehead atoms. The Hall–Kier alpha value is -5.34. The van der Waals surface area contributed by atoms with Gasteiger partial charge in [-0.05, 0) is 53.4 Å². The molecule has 0 aromatic heterocycles. The number of hydrogen-bond donors (Lipinski definition) is 3. The number of ether oxygens (including phenoxy) is 1. The predicted molar refractivity (Wildman–Crippen MR) is 191 cm³/mol. The molecule has 272 valence electrons. The lowest BCUT2D eigenvalue weighted by molar-refractivity contribution is -0.150. The van der Waals surface area contributed by atoms with Crippen molar-refractivity contribution >= 4 is 43.4 Å². The van der Waals surface area contributed by atoms with Crippen LogP contribution in [0.15, 0.2) is 107 Å². The van der Waals surface area contributed by atoms with Gasteiger partial charge in [-0.1, -0.05) is 72.8 Å². The summed E-state index contributed by atoms with van der Waals surface area (Å²) in [6.45, 7) is 1.89. The van der Waals surface area contributed by atoms with Crippen LogP contribution in [0.3, 0.4) is 0 Å². The standard InChI is InChI=1S/C20H21NO5S.C18H17NO5S/c1-3-26-19(23)20(12-14-8-4-5-9-15(14)13-20)21-18(22)16-10-6-7-11-17(16)27(2,24)25;1-25(23,24)15-9-5-4-8-14(15)16(20)19-18(17(21)22)10-12-6-2-3-7-13(12)11-18/h4-11H,3,12-13H2,1-2H3,(H,21,22);2-9H,10-11H2,1H3,(H,19,20)(H,21,22). The van der Waals surface area contributed by atoms with E-state index < -0.39 is 54.5 Å². The number of carboxylic acid groups (broad SMARTS) is 1. The van der Waals surface area contributed by atoms with Crippen LogP contribution in [0.2, 0.25) is 0 Å². The summed E-state index contributed by atoms with van der Waals surface area (Å²) in [6, 6.07) is 26.6. The van der Waals surface area contributed by atoms with Crippen molar-refractivity contribution in [2.24, 2.45) is 0 Å². The van der Waals surface area contributed by atoms with Crippen molar-refractivity contribution in [3.63, 3.8) is 0 Å². The number of esters is 1. The molecule has 52 heavy (non-hydrogen) atoms. The van der Waals surface area contributed by atoms with Crippen molar-refractivity contribution < 1.29 is 45.9 Å². The van der Waals surface area contributed by atoms with Gasteiger partial charge in [0.05, 0.1) is 27.5 Å². The van der Waals surface area contributed by atoms with Crippen molar-refractivity contribution in [1.29, 1.82) is 0 Å². The Kier molecular flexibility index (Phi) is 10.7. The average Bonchev–Trinajstić information content (AvgIpc) is 3.67. The minimum Gasteiger partial charge on any atom is -0.479 e. The number of nitrogens with one attached hydrogen (secondary N) is 2. The number of carbonyl (C=O) groups excluding carboxylic acids is 3. The predicted octanol–water partition coefficient (Wildman–Crippen LogP) is 3.36. The third kappa shape index (κ3) is 7.92. The maximum Gasteiger partial charge on any atom is 0.332 e. The van der Waals surface area contributed by atoms with E-state index in [4.69, 9.17) is 4.74 Å². The monoisotopic (exact) mass is 746 g/mol. The Morgan fingerprint density at radius 3 is 1.27 bits per heavy atom. The van der Waals surface area contributed by atoms with Gasteiger partial charge in [-0.15, -0.1) is 0 Å². The van der Waals surface area contributed by atoms with E-state index in [0.717, 1.165) is 34.8 Å². The molecule has 0 aliphatic heterocycles. The largest absolute Gasteiger partial charge is 0.479 e. The van der Waals surface area contributed by atoms with Gasteiger partial charge in [-0.2, -0.15) is 0 Å². The highest BCUT2D eigenvalue weighted by Crippen LogP contribution is 2.33. The molecule has 0 saturated heterocycles. The molecule has 0 spiro atoms. The summed E-state index contributed by atoms with van der Waals surface area (Å²) < 4.78 is 53.0. The fourth-order valence-electron chi connectivity index (χ4n) is 6.60. The van der Waals surface area contributed by atoms with Crippen LogP contribution < -0.4 is 10.6 Å². The maximum atomic E-state index is 12.9. The molecule has 2 aliphatic rings. The molecule has 0 radical (unpaired) electrons. The topological polar surface area (TPSA) is 190 Å². The summed E-state index contributed by atoms with van der Waals surface area (Å²) in [5.41, 5.74) is 0.876. The quantitative estimate of drug-likeness (QED) is 0.214. The Balaban J connectivity index is 0.000000202. The van der Waals surface area contributed by atoms with Crippen LogP contribution in [0.4, 0.5) is 0 Å². The van der Waals surface area contributed by atoms with Gasteiger partial charge in [-0.3, -0.25) is 9.59 Å². The fourth-order valence-corrected chi connectivity index (χ4v) is 8.37. The second-order valence-corrected chi connectivity index (χ2v) is 16.8. The molecule has 4 aromatic carbocycles. The van der Waals surface area contributed by atoms with Crippen LogP contribution in [0.5, 0.6) is 0 Å². The zero-order chi connectivity index (χ0) is 37.9. The second kappa shape index (κ2) is 14.7. The van der Waals surface area contributed by atoms with E-state index in [1.165, 1.54) is 30.3 Å². The number of carbonyl (C=O) groups is 4. The number of fused-ring (bicyclic) bond motifs is 2. The van der Waals surface area contributed by atoms with Crippen LogP contribution in [-0.2, 0) is 59.7 Å². The molecular weight excluding hydrogens is 709 g/mol. The Morgan fingerprint density at radius 2 is 0.923 bits per heavy atom. The molecule has 2 amide bonds. The first-order chi connectivity index (χ1) is 24.5. The molecule has 0 heterocycles. The zero-order valence-corrected chi connectivity index (χ0v) is 30.3. The molecule has 2 aliphatic carbocycles. The van der Waals surface area contributed by atoms with Crippen LogP contribution in [0.25, 0.3) is 0 Å². The molecule has 0 atom stereocenters. The summed E-state index contributed by atoms with van der Waals surface area (Å²) in [5.74, 6) is -2.99. The lowest BCUT2D eigenvalue weighted by Gasteiger charge is -2.28. The first kappa shape index (κ1) is 37.9. The summed E-state index contributed by atoms with van der Waals surface area (Å²) in [6.07, 6.45) is 2.98. The van der Waals surface area contributed by atoms with Crippen molar-refractivity contribution in [3.8, 4) is 0 Å². The third-order valence-electron chi connectivity index (χ3n) is 9.05. The van der Waals surface area contributed by atoms with Gasteiger partial charge in [0.15, 0.2) is 19.7 Å². The van der Waals surface area contributed by atoms with Crippen molar-refractivity contribution in [1.82, 2.24) is 10.6 Å². The molecular formula is C38H38N2O10S2. The van der Waals surface area contributed by atoms with Crippen LogP contribution in [-0.4, -0.2) is 75.9 Å². The second-order valence-electron chi connectivity index (χ2n) is 12.9. The molecule has 12 nitrogen and oxygen atoms in total. The summed E-state index contributed by atoms with van der Waals surface area (Å²) in [4.78, 5) is 50.1. The van der Waals surface area contributed by atoms with Gasteiger partial charge < -0.3 is 20.5 Å². The van der Waals surface area contributed by atoms with Crippen LogP contribution in [0, 0.1) is 0 Å². The third-order valence-corrected chi connectivity index (χ3v) is 11.4. The van der Waals surface area contributed by atoms with Crippen molar-refractivity contribution in [2.45, 2.75) is 53.5 Å². The van der Waals surface area contributed by atoms with E-state index >= 15 is 0 Å². The number of aliphatic carboxylic acids is 1. The molecule has 3 N–H and O–H groups in total. The number of hydrogen-bond acceptors (Lipinski definition) is 9. The first-order valence-corrected chi connectivity index (χ1v) is 20.1. The average molecular weight is 747 g/mol. The molecule has 4 aromatic rings. The Bertz CT molecular complexity index is 2230. The zero-order valence-electron chi connectivity index (χ0n) is 28.7. The SMILES string of the molecule is CCOC(=O)C1(NC(=O)c2ccccc2S(C)(=O)=O)Cc2ccccc2C1.CS(=O)(=O)c1ccccc1C(=O)NC1(C(=O)O)Cc2ccccc2C1. The van der Waals surface area contributed by atoms with Gasteiger partial charge >= 0.3 is 11.9 Å². The summed E-state index contributed by atoms with van der Waals surface area (Å²) in [7, 11) is -7.21. The van der Waals surface area contributed by atoms with Crippen molar-refractivity contribution in [2.75, 3.05) is 19.1 Å². The number of rotatable bonds is 9. The minimum atomic E-state index is -3.61. The van der Waals surface area contributed by atoms with Gasteiger partial charge in [-0.25, -0.2) is 26.4 Å². The van der Waals surface area contributed by atoms with E-state index in [1.54, 1.807) is 25.1 Å². The fraction of sp³-hybridized carbons (Fsp3) is 0.263. The molecule has 0 unspecified atom stereocenters. The van der Waals surface area contributed by atoms with E-state index in [2.05, 4.69) is 10.6 Å². The van der Waals surface area contributed by atoms with E-state index in [-0.39, 0.29) is 40.4 Å². The molecule has 0 saturated carbocycles. The Morgan fingerprint density at radius 1 is 0.596 bits per heavy atom. The normalized spacial score (nSPS) is 15.2. The first-order valence-electron chi connectivity index (χ1n) is 16.3. The van der Waals surface area contributed by atoms with E-state index in [0.29, 0.717) is 12.8 Å². The van der Waals surface area contributed by atoms with Gasteiger partial charge in [0, 0.05) is 38.2 Å². The minimum absolute atomic E-state index is 0.0135. The van der Waals surface area contributed by atoms with Gasteiger partial charge in [0.25, 0.3) is 11.8 Å². The smallest absolute Gasteiger partial charge is 0.332 e. The number of benzene rings is 4. The molecule has 6 rings (SSSR count). The molecule has 0 fully saturated rings. The lowest BCUT2D eigenvalue weighted by Crippen LogP contribution is -2.56. The van der Waals surface area contributed by atoms with E-state index in [1.807, 2.05) is 48.5 Å². The lowest BCUT2D eigenvalue weighted by atomic mass is 9.95. The van der Waals surface area contributed by atoms with E-state index in [9.17, 15) is 41.1 Å². The maximum absolute atomic E-state index is 12.9. The summed E-state index contributed by atoms with van der Waals surface area (Å²) >= 11 is 0. The van der Waals surface area contributed by atoms with Crippen LogP contribution in [0.1, 0.15) is 49.9 Å². The highest BCUT2D eigenvalue weighted by atomic mass is 32.2. The number of sulfone groups is 2.